The van der Waals surface area contributed by atoms with E-state index in [1.165, 1.54) is 18.6 Å². The van der Waals surface area contributed by atoms with E-state index in [9.17, 15) is 15.0 Å². The lowest BCUT2D eigenvalue weighted by Crippen LogP contribution is -2.45. The van der Waals surface area contributed by atoms with Crippen LogP contribution in [0, 0.1) is 0 Å². The van der Waals surface area contributed by atoms with Gasteiger partial charge < -0.3 is 15.5 Å². The second kappa shape index (κ2) is 6.17. The predicted octanol–water partition coefficient (Wildman–Crippen LogP) is -0.121. The van der Waals surface area contributed by atoms with Crippen LogP contribution in [-0.2, 0) is 0 Å². The zero-order valence-corrected chi connectivity index (χ0v) is 11.7. The Morgan fingerprint density at radius 2 is 2.00 bits per heavy atom. The molecule has 1 fully saturated rings. The second-order valence-electron chi connectivity index (χ2n) is 5.28. The van der Waals surface area contributed by atoms with Crippen molar-refractivity contribution in [2.24, 2.45) is 0 Å². The van der Waals surface area contributed by atoms with Crippen molar-refractivity contribution in [3.63, 3.8) is 0 Å². The van der Waals surface area contributed by atoms with Crippen molar-refractivity contribution >= 4 is 5.91 Å². The molecule has 1 aliphatic carbocycles. The summed E-state index contributed by atoms with van der Waals surface area (Å²) in [4.78, 5) is 24.0. The normalized spacial score (nSPS) is 27.5. The first-order valence-corrected chi connectivity index (χ1v) is 6.99. The molecule has 2 aromatic heterocycles. The molecule has 0 spiro atoms. The standard InChI is InChI=1S/C15H16N4O3/c20-12-6-10(9-2-1-3-16-7-9)13(14(12)21)19-15(22)11-8-17-4-5-18-11/h1-5,7-8,10,12-14,20-21H,6H2,(H,19,22). The lowest BCUT2D eigenvalue weighted by atomic mass is 9.95. The third kappa shape index (κ3) is 2.81. The molecule has 7 heteroatoms. The smallest absolute Gasteiger partial charge is 0.271 e. The van der Waals surface area contributed by atoms with Gasteiger partial charge in [-0.05, 0) is 18.1 Å². The first-order chi connectivity index (χ1) is 10.7. The summed E-state index contributed by atoms with van der Waals surface area (Å²) in [5.74, 6) is -0.639. The molecule has 4 atom stereocenters. The van der Waals surface area contributed by atoms with Gasteiger partial charge in [-0.15, -0.1) is 0 Å². The average molecular weight is 300 g/mol. The Morgan fingerprint density at radius 3 is 2.68 bits per heavy atom. The van der Waals surface area contributed by atoms with Gasteiger partial charge in [-0.25, -0.2) is 4.98 Å². The molecule has 1 aliphatic rings. The zero-order chi connectivity index (χ0) is 15.5. The van der Waals surface area contributed by atoms with E-state index < -0.39 is 24.2 Å². The van der Waals surface area contributed by atoms with Crippen molar-refractivity contribution in [2.45, 2.75) is 30.6 Å². The van der Waals surface area contributed by atoms with Crippen LogP contribution in [0.2, 0.25) is 0 Å². The fourth-order valence-corrected chi connectivity index (χ4v) is 2.79. The second-order valence-corrected chi connectivity index (χ2v) is 5.28. The maximum Gasteiger partial charge on any atom is 0.271 e. The summed E-state index contributed by atoms with van der Waals surface area (Å²) in [7, 11) is 0. The molecule has 7 nitrogen and oxygen atoms in total. The number of aliphatic hydroxyl groups is 2. The number of amides is 1. The molecule has 22 heavy (non-hydrogen) atoms. The third-order valence-corrected chi connectivity index (χ3v) is 3.90. The van der Waals surface area contributed by atoms with Crippen LogP contribution in [0.5, 0.6) is 0 Å². The number of rotatable bonds is 3. The molecule has 1 amide bonds. The van der Waals surface area contributed by atoms with Crippen LogP contribution in [0.1, 0.15) is 28.4 Å². The first kappa shape index (κ1) is 14.6. The zero-order valence-electron chi connectivity index (χ0n) is 11.7. The van der Waals surface area contributed by atoms with Gasteiger partial charge in [0.15, 0.2) is 0 Å². The molecule has 3 rings (SSSR count). The van der Waals surface area contributed by atoms with E-state index in [2.05, 4.69) is 20.3 Å². The number of pyridine rings is 1. The van der Waals surface area contributed by atoms with E-state index in [1.807, 2.05) is 6.07 Å². The number of nitrogens with zero attached hydrogens (tertiary/aromatic N) is 3. The lowest BCUT2D eigenvalue weighted by molar-refractivity contribution is 0.0294. The van der Waals surface area contributed by atoms with E-state index in [1.54, 1.807) is 18.5 Å². The van der Waals surface area contributed by atoms with E-state index in [-0.39, 0.29) is 11.6 Å². The quantitative estimate of drug-likeness (QED) is 0.729. The van der Waals surface area contributed by atoms with E-state index in [0.29, 0.717) is 6.42 Å². The molecule has 0 aliphatic heterocycles. The fraction of sp³-hybridized carbons (Fsp3) is 0.333. The predicted molar refractivity (Wildman–Crippen MR) is 76.9 cm³/mol. The van der Waals surface area contributed by atoms with Crippen molar-refractivity contribution in [3.05, 3.63) is 54.4 Å². The van der Waals surface area contributed by atoms with Gasteiger partial charge in [-0.1, -0.05) is 6.07 Å². The van der Waals surface area contributed by atoms with Crippen molar-refractivity contribution < 1.29 is 15.0 Å². The maximum atomic E-state index is 12.2. The summed E-state index contributed by atoms with van der Waals surface area (Å²) in [6.45, 7) is 0. The van der Waals surface area contributed by atoms with Gasteiger partial charge in [0.25, 0.3) is 5.91 Å². The highest BCUT2D eigenvalue weighted by molar-refractivity contribution is 5.92. The SMILES string of the molecule is O=C(NC1C(c2cccnc2)CC(O)C1O)c1cnccn1. The Labute approximate surface area is 127 Å². The minimum absolute atomic E-state index is 0.168. The van der Waals surface area contributed by atoms with Gasteiger partial charge in [0.05, 0.1) is 18.3 Å². The van der Waals surface area contributed by atoms with Crippen molar-refractivity contribution in [1.82, 2.24) is 20.3 Å². The molecular weight excluding hydrogens is 284 g/mol. The molecule has 2 aromatic rings. The molecule has 4 unspecified atom stereocenters. The maximum absolute atomic E-state index is 12.2. The van der Waals surface area contributed by atoms with Crippen LogP contribution in [0.4, 0.5) is 0 Å². The van der Waals surface area contributed by atoms with Gasteiger partial charge in [-0.2, -0.15) is 0 Å². The van der Waals surface area contributed by atoms with Crippen LogP contribution >= 0.6 is 0 Å². The summed E-state index contributed by atoms with van der Waals surface area (Å²) in [6.07, 6.45) is 6.01. The van der Waals surface area contributed by atoms with Crippen molar-refractivity contribution in [1.29, 1.82) is 0 Å². The van der Waals surface area contributed by atoms with Crippen LogP contribution in [-0.4, -0.2) is 49.3 Å². The average Bonchev–Trinajstić information content (AvgIpc) is 2.85. The van der Waals surface area contributed by atoms with Crippen LogP contribution in [0.15, 0.2) is 43.1 Å². The third-order valence-electron chi connectivity index (χ3n) is 3.90. The van der Waals surface area contributed by atoms with Crippen LogP contribution < -0.4 is 5.32 Å². The summed E-state index contributed by atoms with van der Waals surface area (Å²) in [6, 6.07) is 3.05. The Morgan fingerprint density at radius 1 is 1.18 bits per heavy atom. The van der Waals surface area contributed by atoms with Crippen molar-refractivity contribution in [2.75, 3.05) is 0 Å². The monoisotopic (exact) mass is 300 g/mol. The molecular formula is C15H16N4O3. The van der Waals surface area contributed by atoms with Gasteiger partial charge in [0, 0.05) is 30.7 Å². The Hall–Kier alpha value is -2.38. The lowest BCUT2D eigenvalue weighted by Gasteiger charge is -2.23. The van der Waals surface area contributed by atoms with Gasteiger partial charge in [-0.3, -0.25) is 14.8 Å². The highest BCUT2D eigenvalue weighted by Gasteiger charge is 2.43. The highest BCUT2D eigenvalue weighted by Crippen LogP contribution is 2.35. The van der Waals surface area contributed by atoms with E-state index >= 15 is 0 Å². The summed E-state index contributed by atoms with van der Waals surface area (Å²) >= 11 is 0. The number of aliphatic hydroxyl groups excluding tert-OH is 2. The highest BCUT2D eigenvalue weighted by atomic mass is 16.3. The molecule has 3 N–H and O–H groups in total. The van der Waals surface area contributed by atoms with Crippen LogP contribution in [0.3, 0.4) is 0 Å². The Balaban J connectivity index is 1.82. The number of aromatic nitrogens is 3. The molecule has 0 bridgehead atoms. The fourth-order valence-electron chi connectivity index (χ4n) is 2.79. The number of hydrogen-bond acceptors (Lipinski definition) is 6. The number of hydrogen-bond donors (Lipinski definition) is 3. The molecule has 0 saturated heterocycles. The molecule has 114 valence electrons. The van der Waals surface area contributed by atoms with Gasteiger partial charge in [0.2, 0.25) is 0 Å². The molecule has 2 heterocycles. The van der Waals surface area contributed by atoms with Gasteiger partial charge >= 0.3 is 0 Å². The Kier molecular flexibility index (Phi) is 4.08. The van der Waals surface area contributed by atoms with Crippen LogP contribution in [0.25, 0.3) is 0 Å². The van der Waals surface area contributed by atoms with Crippen molar-refractivity contribution in [3.8, 4) is 0 Å². The largest absolute Gasteiger partial charge is 0.390 e. The molecule has 0 aromatic carbocycles. The number of carbonyl (C=O) groups excluding carboxylic acids is 1. The number of nitrogens with one attached hydrogen (secondary N) is 1. The minimum Gasteiger partial charge on any atom is -0.390 e. The molecule has 0 radical (unpaired) electrons. The summed E-state index contributed by atoms with van der Waals surface area (Å²) in [5, 5.41) is 22.8. The summed E-state index contributed by atoms with van der Waals surface area (Å²) < 4.78 is 0. The first-order valence-electron chi connectivity index (χ1n) is 6.99. The number of carbonyl (C=O) groups is 1. The minimum atomic E-state index is -1.04. The van der Waals surface area contributed by atoms with Gasteiger partial charge in [0.1, 0.15) is 11.8 Å². The van der Waals surface area contributed by atoms with E-state index in [4.69, 9.17) is 0 Å². The topological polar surface area (TPSA) is 108 Å². The van der Waals surface area contributed by atoms with E-state index in [0.717, 1.165) is 5.56 Å². The Bertz CT molecular complexity index is 638. The molecule has 1 saturated carbocycles. The summed E-state index contributed by atoms with van der Waals surface area (Å²) in [5.41, 5.74) is 1.03.